The molecular weight excluding hydrogens is 240 g/mol. The summed E-state index contributed by atoms with van der Waals surface area (Å²) < 4.78 is 31.5. The highest BCUT2D eigenvalue weighted by atomic mass is 35.5. The average molecular weight is 250 g/mol. The van der Waals surface area contributed by atoms with Crippen LogP contribution >= 0.6 is 11.6 Å². The molecule has 0 radical (unpaired) electrons. The van der Waals surface area contributed by atoms with Crippen molar-refractivity contribution in [1.82, 2.24) is 0 Å². The van der Waals surface area contributed by atoms with E-state index < -0.39 is 17.0 Å². The molecule has 0 fully saturated rings. The molecule has 1 rings (SSSR count). The monoisotopic (exact) mass is 249 g/mol. The molecular formula is C10H10ClF2NO2. The summed E-state index contributed by atoms with van der Waals surface area (Å²) in [4.78, 5) is 10.5. The minimum Gasteiger partial charge on any atom is -0.488 e. The second-order valence-electron chi connectivity index (χ2n) is 3.33. The van der Waals surface area contributed by atoms with Crippen LogP contribution in [0.15, 0.2) is 12.1 Å². The predicted molar refractivity (Wildman–Crippen MR) is 57.0 cm³/mol. The van der Waals surface area contributed by atoms with Gasteiger partial charge in [-0.1, -0.05) is 0 Å². The highest BCUT2D eigenvalue weighted by Gasteiger charge is 2.13. The van der Waals surface area contributed by atoms with Crippen LogP contribution in [-0.4, -0.2) is 11.5 Å². The fraction of sp³-hybridized carbons (Fsp3) is 0.300. The van der Waals surface area contributed by atoms with Crippen LogP contribution in [0.2, 0.25) is 0 Å². The average Bonchev–Trinajstić information content (AvgIpc) is 2.11. The molecule has 1 N–H and O–H groups in total. The second kappa shape index (κ2) is 5.12. The molecule has 0 saturated heterocycles. The Balaban J connectivity index is 3.05. The first-order chi connectivity index (χ1) is 7.40. The molecule has 0 bridgehead atoms. The number of anilines is 1. The Morgan fingerprint density at radius 3 is 2.50 bits per heavy atom. The normalized spacial score (nSPS) is 10.4. The Morgan fingerprint density at radius 1 is 1.38 bits per heavy atom. The quantitative estimate of drug-likeness (QED) is 0.657. The van der Waals surface area contributed by atoms with Crippen molar-refractivity contribution in [2.24, 2.45) is 0 Å². The van der Waals surface area contributed by atoms with Crippen molar-refractivity contribution in [1.29, 1.82) is 0 Å². The molecule has 88 valence electrons. The van der Waals surface area contributed by atoms with Gasteiger partial charge in [-0.15, -0.1) is 0 Å². The molecule has 0 aliphatic carbocycles. The summed E-state index contributed by atoms with van der Waals surface area (Å²) in [7, 11) is 0. The maximum absolute atomic E-state index is 13.2. The molecule has 0 aliphatic heterocycles. The molecule has 0 atom stereocenters. The number of benzene rings is 1. The van der Waals surface area contributed by atoms with Gasteiger partial charge >= 0.3 is 5.37 Å². The second-order valence-corrected chi connectivity index (χ2v) is 3.67. The number of hydrogen-bond acceptors (Lipinski definition) is 2. The fourth-order valence-electron chi connectivity index (χ4n) is 1.08. The zero-order chi connectivity index (χ0) is 12.3. The van der Waals surface area contributed by atoms with Gasteiger partial charge in [0.05, 0.1) is 11.8 Å². The van der Waals surface area contributed by atoms with Gasteiger partial charge in [0.25, 0.3) is 0 Å². The highest BCUT2D eigenvalue weighted by molar-refractivity contribution is 6.65. The third-order valence-electron chi connectivity index (χ3n) is 1.62. The van der Waals surface area contributed by atoms with Crippen LogP contribution in [0.3, 0.4) is 0 Å². The molecule has 16 heavy (non-hydrogen) atoms. The lowest BCUT2D eigenvalue weighted by molar-refractivity contribution is 0.231. The van der Waals surface area contributed by atoms with Crippen LogP contribution in [0, 0.1) is 11.6 Å². The van der Waals surface area contributed by atoms with Gasteiger partial charge in [-0.2, -0.15) is 0 Å². The smallest absolute Gasteiger partial charge is 0.318 e. The number of rotatable bonds is 3. The summed E-state index contributed by atoms with van der Waals surface area (Å²) in [5, 5.41) is 1.06. The number of nitrogens with one attached hydrogen (secondary N) is 1. The maximum atomic E-state index is 13.2. The van der Waals surface area contributed by atoms with Gasteiger partial charge in [0.15, 0.2) is 11.6 Å². The van der Waals surface area contributed by atoms with Crippen molar-refractivity contribution in [2.45, 2.75) is 20.0 Å². The molecule has 6 heteroatoms. The van der Waals surface area contributed by atoms with E-state index in [1.54, 1.807) is 13.8 Å². The minimum atomic E-state index is -0.957. The first-order valence-electron chi connectivity index (χ1n) is 4.52. The molecule has 0 spiro atoms. The lowest BCUT2D eigenvalue weighted by Gasteiger charge is -2.12. The minimum absolute atomic E-state index is 0.142. The van der Waals surface area contributed by atoms with Crippen LogP contribution in [0.4, 0.5) is 19.3 Å². The zero-order valence-electron chi connectivity index (χ0n) is 8.68. The van der Waals surface area contributed by atoms with Crippen molar-refractivity contribution in [3.05, 3.63) is 23.8 Å². The van der Waals surface area contributed by atoms with Crippen LogP contribution in [0.5, 0.6) is 5.75 Å². The molecule has 0 heterocycles. The molecule has 0 saturated carbocycles. The molecule has 0 aromatic heterocycles. The van der Waals surface area contributed by atoms with Crippen molar-refractivity contribution < 1.29 is 18.3 Å². The van der Waals surface area contributed by atoms with E-state index in [0.29, 0.717) is 6.07 Å². The predicted octanol–water partition coefficient (Wildman–Crippen LogP) is 3.52. The number of ether oxygens (including phenoxy) is 1. The third kappa shape index (κ3) is 3.34. The third-order valence-corrected chi connectivity index (χ3v) is 1.71. The number of halogens is 3. The molecule has 1 aromatic rings. The molecule has 3 nitrogen and oxygen atoms in total. The van der Waals surface area contributed by atoms with Crippen LogP contribution in [-0.2, 0) is 0 Å². The Morgan fingerprint density at radius 2 is 2.00 bits per heavy atom. The van der Waals surface area contributed by atoms with Crippen LogP contribution < -0.4 is 10.1 Å². The van der Waals surface area contributed by atoms with Gasteiger partial charge < -0.3 is 10.1 Å². The Kier molecular flexibility index (Phi) is 4.06. The highest BCUT2D eigenvalue weighted by Crippen LogP contribution is 2.26. The van der Waals surface area contributed by atoms with Crippen LogP contribution in [0.1, 0.15) is 13.8 Å². The van der Waals surface area contributed by atoms with Crippen molar-refractivity contribution in [3.63, 3.8) is 0 Å². The van der Waals surface area contributed by atoms with E-state index in [4.69, 9.17) is 16.3 Å². The number of hydrogen-bond donors (Lipinski definition) is 1. The summed E-state index contributed by atoms with van der Waals surface area (Å²) in [6, 6.07) is 1.67. The van der Waals surface area contributed by atoms with Gasteiger partial charge in [-0.25, -0.2) is 8.78 Å². The Labute approximate surface area is 96.4 Å². The van der Waals surface area contributed by atoms with Gasteiger partial charge in [0.2, 0.25) is 0 Å². The summed E-state index contributed by atoms with van der Waals surface area (Å²) in [5.74, 6) is -1.89. The SMILES string of the molecule is CC(C)Oc1cc(NC(=O)Cl)c(F)cc1F. The maximum Gasteiger partial charge on any atom is 0.318 e. The van der Waals surface area contributed by atoms with Gasteiger partial charge in [-0.3, -0.25) is 4.79 Å². The Bertz CT molecular complexity index is 410. The van der Waals surface area contributed by atoms with E-state index >= 15 is 0 Å². The van der Waals surface area contributed by atoms with E-state index in [-0.39, 0.29) is 17.5 Å². The van der Waals surface area contributed by atoms with Crippen molar-refractivity contribution >= 4 is 22.7 Å². The summed E-state index contributed by atoms with van der Waals surface area (Å²) in [5.41, 5.74) is -0.225. The molecule has 1 amide bonds. The van der Waals surface area contributed by atoms with Crippen molar-refractivity contribution in [3.8, 4) is 5.75 Å². The molecule has 0 aliphatic rings. The zero-order valence-corrected chi connectivity index (χ0v) is 9.44. The lowest BCUT2D eigenvalue weighted by Crippen LogP contribution is -2.09. The lowest BCUT2D eigenvalue weighted by atomic mass is 10.2. The number of amides is 1. The van der Waals surface area contributed by atoms with E-state index in [2.05, 4.69) is 0 Å². The molecule has 1 aromatic carbocycles. The van der Waals surface area contributed by atoms with Crippen LogP contribution in [0.25, 0.3) is 0 Å². The van der Waals surface area contributed by atoms with Gasteiger partial charge in [0, 0.05) is 12.1 Å². The van der Waals surface area contributed by atoms with E-state index in [1.165, 1.54) is 0 Å². The standard InChI is InChI=1S/C10H10ClF2NO2/c1-5(2)16-9-4-8(14-10(11)15)6(12)3-7(9)13/h3-5H,1-2H3,(H,14,15). The fourth-order valence-corrected chi connectivity index (χ4v) is 1.18. The number of carbonyl (C=O) groups is 1. The number of carbonyl (C=O) groups excluding carboxylic acids is 1. The topological polar surface area (TPSA) is 38.3 Å². The largest absolute Gasteiger partial charge is 0.488 e. The van der Waals surface area contributed by atoms with Gasteiger partial charge in [0.1, 0.15) is 5.82 Å². The Hall–Kier alpha value is -1.36. The summed E-state index contributed by atoms with van der Waals surface area (Å²) in [6.45, 7) is 3.39. The van der Waals surface area contributed by atoms with E-state index in [1.807, 2.05) is 5.32 Å². The van der Waals surface area contributed by atoms with Gasteiger partial charge in [-0.05, 0) is 25.4 Å². The van der Waals surface area contributed by atoms with Crippen molar-refractivity contribution in [2.75, 3.05) is 5.32 Å². The van der Waals surface area contributed by atoms with E-state index in [9.17, 15) is 13.6 Å². The summed E-state index contributed by atoms with van der Waals surface area (Å²) >= 11 is 5.03. The first-order valence-corrected chi connectivity index (χ1v) is 4.90. The first kappa shape index (κ1) is 12.7. The molecule has 0 unspecified atom stereocenters. The van der Waals surface area contributed by atoms with E-state index in [0.717, 1.165) is 6.07 Å². The summed E-state index contributed by atoms with van der Waals surface area (Å²) in [6.07, 6.45) is -0.264.